The Hall–Kier alpha value is -3.81. The SMILES string of the molecule is COc1nc(/C=C/c2nc3n(n2)CCC[C@@H]3c2ccccc2F)ccc1-n1cnc(C)c1. The monoisotopic (exact) mass is 430 g/mol. The van der Waals surface area contributed by atoms with E-state index in [0.29, 0.717) is 17.3 Å². The number of hydrogen-bond acceptors (Lipinski definition) is 5. The van der Waals surface area contributed by atoms with Crippen molar-refractivity contribution in [3.8, 4) is 11.6 Å². The first-order valence-corrected chi connectivity index (χ1v) is 10.6. The summed E-state index contributed by atoms with van der Waals surface area (Å²) in [7, 11) is 1.59. The van der Waals surface area contributed by atoms with Crippen LogP contribution >= 0.6 is 0 Å². The number of rotatable bonds is 5. The Balaban J connectivity index is 1.42. The number of nitrogens with zero attached hydrogens (tertiary/aromatic N) is 6. The number of ether oxygens (including phenoxy) is 1. The van der Waals surface area contributed by atoms with E-state index in [1.165, 1.54) is 6.07 Å². The normalized spacial score (nSPS) is 15.8. The van der Waals surface area contributed by atoms with Crippen LogP contribution in [0.1, 0.15) is 47.4 Å². The van der Waals surface area contributed by atoms with Crippen LogP contribution in [0.2, 0.25) is 0 Å². The minimum absolute atomic E-state index is 0.0873. The molecule has 32 heavy (non-hydrogen) atoms. The number of benzene rings is 1. The van der Waals surface area contributed by atoms with Gasteiger partial charge in [-0.15, -0.1) is 0 Å². The summed E-state index contributed by atoms with van der Waals surface area (Å²) in [6.45, 7) is 2.72. The average Bonchev–Trinajstić information content (AvgIpc) is 3.43. The van der Waals surface area contributed by atoms with Crippen molar-refractivity contribution in [1.29, 1.82) is 0 Å². The molecule has 1 aliphatic heterocycles. The fourth-order valence-electron chi connectivity index (χ4n) is 4.09. The average molecular weight is 430 g/mol. The molecule has 0 fully saturated rings. The Kier molecular flexibility index (Phi) is 5.26. The number of fused-ring (bicyclic) bond motifs is 1. The zero-order valence-corrected chi connectivity index (χ0v) is 17.9. The molecule has 1 aromatic carbocycles. The minimum atomic E-state index is -0.199. The van der Waals surface area contributed by atoms with Crippen molar-refractivity contribution in [2.75, 3.05) is 7.11 Å². The molecule has 0 saturated heterocycles. The molecule has 0 aliphatic carbocycles. The molecule has 0 unspecified atom stereocenters. The Morgan fingerprint density at radius 2 is 2.00 bits per heavy atom. The van der Waals surface area contributed by atoms with Crippen LogP contribution in [0.4, 0.5) is 4.39 Å². The fraction of sp³-hybridized carbons (Fsp3) is 0.250. The largest absolute Gasteiger partial charge is 0.479 e. The van der Waals surface area contributed by atoms with Crippen molar-refractivity contribution in [3.63, 3.8) is 0 Å². The molecule has 162 valence electrons. The topological polar surface area (TPSA) is 70.7 Å². The fourth-order valence-corrected chi connectivity index (χ4v) is 4.09. The van der Waals surface area contributed by atoms with E-state index >= 15 is 0 Å². The highest BCUT2D eigenvalue weighted by molar-refractivity contribution is 5.65. The van der Waals surface area contributed by atoms with Crippen molar-refractivity contribution in [3.05, 3.63) is 83.3 Å². The highest BCUT2D eigenvalue weighted by Gasteiger charge is 2.27. The first-order chi connectivity index (χ1) is 15.6. The van der Waals surface area contributed by atoms with Gasteiger partial charge in [0, 0.05) is 18.7 Å². The third-order valence-electron chi connectivity index (χ3n) is 5.62. The van der Waals surface area contributed by atoms with Crippen LogP contribution in [0.5, 0.6) is 5.88 Å². The van der Waals surface area contributed by atoms with Gasteiger partial charge < -0.3 is 9.30 Å². The molecule has 0 N–H and O–H groups in total. The van der Waals surface area contributed by atoms with E-state index in [9.17, 15) is 4.39 Å². The lowest BCUT2D eigenvalue weighted by Gasteiger charge is -2.22. The van der Waals surface area contributed by atoms with Crippen LogP contribution in [0.3, 0.4) is 0 Å². The van der Waals surface area contributed by atoms with Gasteiger partial charge in [0.25, 0.3) is 0 Å². The Morgan fingerprint density at radius 3 is 2.78 bits per heavy atom. The quantitative estimate of drug-likeness (QED) is 0.469. The van der Waals surface area contributed by atoms with E-state index in [1.807, 2.05) is 58.8 Å². The van der Waals surface area contributed by atoms with Crippen molar-refractivity contribution in [2.24, 2.45) is 0 Å². The molecule has 1 aliphatic rings. The lowest BCUT2D eigenvalue weighted by atomic mass is 9.91. The molecule has 0 radical (unpaired) electrons. The summed E-state index contributed by atoms with van der Waals surface area (Å²) in [5, 5.41) is 4.61. The van der Waals surface area contributed by atoms with Gasteiger partial charge in [-0.05, 0) is 55.7 Å². The van der Waals surface area contributed by atoms with Crippen LogP contribution in [0.25, 0.3) is 17.8 Å². The summed E-state index contributed by atoms with van der Waals surface area (Å²) in [6.07, 6.45) is 9.12. The lowest BCUT2D eigenvalue weighted by molar-refractivity contribution is 0.395. The van der Waals surface area contributed by atoms with Gasteiger partial charge in [-0.1, -0.05) is 18.2 Å². The zero-order chi connectivity index (χ0) is 22.1. The van der Waals surface area contributed by atoms with Crippen LogP contribution < -0.4 is 4.74 Å². The zero-order valence-electron chi connectivity index (χ0n) is 17.9. The maximum Gasteiger partial charge on any atom is 0.238 e. The standard InChI is InChI=1S/C24H23FN6O/c1-16-14-30(15-26-16)21-11-9-17(27-24(21)32-2)10-12-22-28-23-19(7-5-13-31(23)29-22)18-6-3-4-8-20(18)25/h3-4,6,8-12,14-15,19H,5,7,13H2,1-2H3/b12-10+/t19-/m1/s1. The highest BCUT2D eigenvalue weighted by atomic mass is 19.1. The summed E-state index contributed by atoms with van der Waals surface area (Å²) in [6, 6.07) is 10.7. The van der Waals surface area contributed by atoms with E-state index < -0.39 is 0 Å². The van der Waals surface area contributed by atoms with Gasteiger partial charge in [-0.25, -0.2) is 24.0 Å². The summed E-state index contributed by atoms with van der Waals surface area (Å²) >= 11 is 0. The number of aromatic nitrogens is 6. The Morgan fingerprint density at radius 1 is 1.12 bits per heavy atom. The van der Waals surface area contributed by atoms with E-state index in [1.54, 1.807) is 19.5 Å². The number of aryl methyl sites for hydroxylation is 2. The molecule has 7 nitrogen and oxygen atoms in total. The molecule has 3 aromatic heterocycles. The smallest absolute Gasteiger partial charge is 0.238 e. The van der Waals surface area contributed by atoms with Crippen molar-refractivity contribution in [1.82, 2.24) is 29.3 Å². The molecule has 0 bridgehead atoms. The molecule has 8 heteroatoms. The van der Waals surface area contributed by atoms with E-state index in [-0.39, 0.29) is 11.7 Å². The maximum atomic E-state index is 14.4. The number of halogens is 1. The molecule has 0 saturated carbocycles. The maximum absolute atomic E-state index is 14.4. The van der Waals surface area contributed by atoms with Crippen LogP contribution in [-0.4, -0.2) is 36.4 Å². The molecule has 0 amide bonds. The first kappa shape index (κ1) is 20.1. The minimum Gasteiger partial charge on any atom is -0.479 e. The number of pyridine rings is 1. The van der Waals surface area contributed by atoms with Crippen LogP contribution in [0, 0.1) is 12.7 Å². The predicted octanol–water partition coefficient (Wildman–Crippen LogP) is 4.41. The molecule has 0 spiro atoms. The van der Waals surface area contributed by atoms with Gasteiger partial charge in [-0.3, -0.25) is 0 Å². The summed E-state index contributed by atoms with van der Waals surface area (Å²) in [4.78, 5) is 13.5. The molecule has 4 heterocycles. The van der Waals surface area contributed by atoms with Crippen LogP contribution in [-0.2, 0) is 6.54 Å². The molecule has 4 aromatic rings. The van der Waals surface area contributed by atoms with Crippen molar-refractivity contribution >= 4 is 12.2 Å². The molecule has 5 rings (SSSR count). The second-order valence-electron chi connectivity index (χ2n) is 7.79. The second kappa shape index (κ2) is 8.37. The number of methoxy groups -OCH3 is 1. The predicted molar refractivity (Wildman–Crippen MR) is 119 cm³/mol. The second-order valence-corrected chi connectivity index (χ2v) is 7.79. The van der Waals surface area contributed by atoms with Gasteiger partial charge in [0.1, 0.15) is 17.3 Å². The molecular formula is C24H23FN6O. The molecule has 1 atom stereocenters. The van der Waals surface area contributed by atoms with Gasteiger partial charge in [0.2, 0.25) is 5.88 Å². The molecular weight excluding hydrogens is 407 g/mol. The van der Waals surface area contributed by atoms with E-state index in [4.69, 9.17) is 9.72 Å². The van der Waals surface area contributed by atoms with Gasteiger partial charge in [0.15, 0.2) is 5.82 Å². The summed E-state index contributed by atoms with van der Waals surface area (Å²) < 4.78 is 23.6. The van der Waals surface area contributed by atoms with Gasteiger partial charge >= 0.3 is 0 Å². The summed E-state index contributed by atoms with van der Waals surface area (Å²) in [5.74, 6) is 1.60. The van der Waals surface area contributed by atoms with Crippen molar-refractivity contribution in [2.45, 2.75) is 32.2 Å². The van der Waals surface area contributed by atoms with E-state index in [2.05, 4.69) is 15.1 Å². The first-order valence-electron chi connectivity index (χ1n) is 10.6. The highest BCUT2D eigenvalue weighted by Crippen LogP contribution is 2.33. The third kappa shape index (κ3) is 3.79. The number of hydrogen-bond donors (Lipinski definition) is 0. The van der Waals surface area contributed by atoms with Crippen molar-refractivity contribution < 1.29 is 9.13 Å². The lowest BCUT2D eigenvalue weighted by Crippen LogP contribution is -2.18. The van der Waals surface area contributed by atoms with Crippen LogP contribution in [0.15, 0.2) is 48.9 Å². The Bertz CT molecular complexity index is 1290. The number of imidazole rings is 1. The summed E-state index contributed by atoms with van der Waals surface area (Å²) in [5.41, 5.74) is 3.13. The Labute approximate surface area is 185 Å². The van der Waals surface area contributed by atoms with Gasteiger partial charge in [0.05, 0.1) is 24.8 Å². The van der Waals surface area contributed by atoms with E-state index in [0.717, 1.165) is 42.3 Å². The van der Waals surface area contributed by atoms with Gasteiger partial charge in [-0.2, -0.15) is 5.10 Å². The third-order valence-corrected chi connectivity index (χ3v) is 5.62.